The first-order chi connectivity index (χ1) is 16.3. The van der Waals surface area contributed by atoms with E-state index in [2.05, 4.69) is 32.2 Å². The van der Waals surface area contributed by atoms with E-state index in [0.717, 1.165) is 29.8 Å². The summed E-state index contributed by atoms with van der Waals surface area (Å²) in [5.74, 6) is 0.426. The van der Waals surface area contributed by atoms with Crippen molar-refractivity contribution in [3.63, 3.8) is 0 Å². The number of hydrogen-bond donors (Lipinski definition) is 1. The third kappa shape index (κ3) is 6.00. The van der Waals surface area contributed by atoms with Crippen LogP contribution in [-0.2, 0) is 23.9 Å². The average molecular weight is 473 g/mol. The van der Waals surface area contributed by atoms with Crippen molar-refractivity contribution in [2.45, 2.75) is 26.1 Å². The molecule has 1 aliphatic rings. The van der Waals surface area contributed by atoms with E-state index in [9.17, 15) is 18.0 Å². The van der Waals surface area contributed by atoms with Gasteiger partial charge in [-0.2, -0.15) is 18.2 Å². The predicted molar refractivity (Wildman–Crippen MR) is 121 cm³/mol. The van der Waals surface area contributed by atoms with Crippen LogP contribution in [0.15, 0.2) is 53.1 Å². The maximum atomic E-state index is 13.0. The van der Waals surface area contributed by atoms with Crippen LogP contribution in [0.5, 0.6) is 0 Å². The number of hydrogen-bond acceptors (Lipinski definition) is 6. The fourth-order valence-corrected chi connectivity index (χ4v) is 3.91. The zero-order chi connectivity index (χ0) is 24.1. The lowest BCUT2D eigenvalue weighted by molar-refractivity contribution is -0.137. The van der Waals surface area contributed by atoms with Gasteiger partial charge in [-0.3, -0.25) is 14.6 Å². The Morgan fingerprint density at radius 2 is 1.79 bits per heavy atom. The lowest BCUT2D eigenvalue weighted by Crippen LogP contribution is -2.48. The molecule has 2 aromatic carbocycles. The number of piperazine rings is 1. The Morgan fingerprint density at radius 3 is 2.53 bits per heavy atom. The van der Waals surface area contributed by atoms with Crippen LogP contribution in [0.25, 0.3) is 11.4 Å². The van der Waals surface area contributed by atoms with Gasteiger partial charge in [0.15, 0.2) is 0 Å². The number of nitrogens with zero attached hydrogens (tertiary/aromatic N) is 4. The van der Waals surface area contributed by atoms with Crippen molar-refractivity contribution >= 4 is 11.6 Å². The highest BCUT2D eigenvalue weighted by molar-refractivity contribution is 5.93. The van der Waals surface area contributed by atoms with Crippen molar-refractivity contribution in [2.24, 2.45) is 0 Å². The summed E-state index contributed by atoms with van der Waals surface area (Å²) in [5.41, 5.74) is 1.45. The largest absolute Gasteiger partial charge is 0.416 e. The number of para-hydroxylation sites is 1. The molecular weight excluding hydrogens is 447 g/mol. The van der Waals surface area contributed by atoms with E-state index in [0.29, 0.717) is 45.2 Å². The highest BCUT2D eigenvalue weighted by Gasteiger charge is 2.31. The lowest BCUT2D eigenvalue weighted by Gasteiger charge is -2.33. The second-order valence-electron chi connectivity index (χ2n) is 8.20. The third-order valence-electron chi connectivity index (χ3n) is 5.78. The van der Waals surface area contributed by atoms with Gasteiger partial charge in [-0.05, 0) is 30.2 Å². The summed E-state index contributed by atoms with van der Waals surface area (Å²) in [6.07, 6.45) is -3.58. The Hall–Kier alpha value is -3.24. The number of halogens is 3. The average Bonchev–Trinajstić information content (AvgIpc) is 3.29. The third-order valence-corrected chi connectivity index (χ3v) is 5.78. The Labute approximate surface area is 195 Å². The Morgan fingerprint density at radius 1 is 1.06 bits per heavy atom. The van der Waals surface area contributed by atoms with E-state index in [1.54, 1.807) is 0 Å². The summed E-state index contributed by atoms with van der Waals surface area (Å²) in [6, 6.07) is 12.6. The highest BCUT2D eigenvalue weighted by Crippen LogP contribution is 2.31. The number of aryl methyl sites for hydroxylation is 1. The first kappa shape index (κ1) is 23.9. The van der Waals surface area contributed by atoms with Crippen molar-refractivity contribution in [3.8, 4) is 11.4 Å². The van der Waals surface area contributed by atoms with Gasteiger partial charge in [0.1, 0.15) is 0 Å². The fourth-order valence-electron chi connectivity index (χ4n) is 3.91. The smallest absolute Gasteiger partial charge is 0.338 e. The van der Waals surface area contributed by atoms with E-state index >= 15 is 0 Å². The zero-order valence-corrected chi connectivity index (χ0v) is 18.8. The van der Waals surface area contributed by atoms with Crippen molar-refractivity contribution < 1.29 is 22.5 Å². The Bertz CT molecular complexity index is 1120. The number of anilines is 1. The number of amides is 1. The number of alkyl halides is 3. The molecular formula is C24H26F3N5O2. The molecule has 0 saturated carbocycles. The summed E-state index contributed by atoms with van der Waals surface area (Å²) in [7, 11) is 0. The van der Waals surface area contributed by atoms with Gasteiger partial charge in [-0.25, -0.2) is 0 Å². The number of carbonyl (C=O) groups excluding carboxylic acids is 1. The van der Waals surface area contributed by atoms with Crippen LogP contribution in [0, 0.1) is 0 Å². The van der Waals surface area contributed by atoms with Crippen LogP contribution in [0.1, 0.15) is 23.9 Å². The van der Waals surface area contributed by atoms with E-state index in [1.807, 2.05) is 24.3 Å². The maximum absolute atomic E-state index is 13.0. The van der Waals surface area contributed by atoms with Crippen molar-refractivity contribution in [1.29, 1.82) is 0 Å². The van der Waals surface area contributed by atoms with Gasteiger partial charge in [-0.1, -0.05) is 42.4 Å². The van der Waals surface area contributed by atoms with Crippen LogP contribution in [-0.4, -0.2) is 58.6 Å². The monoisotopic (exact) mass is 473 g/mol. The summed E-state index contributed by atoms with van der Waals surface area (Å²) < 4.78 is 44.1. The second kappa shape index (κ2) is 10.4. The van der Waals surface area contributed by atoms with Crippen molar-refractivity contribution in [1.82, 2.24) is 19.9 Å². The molecule has 10 heteroatoms. The molecule has 1 amide bonds. The lowest BCUT2D eigenvalue weighted by atomic mass is 10.1. The SMILES string of the molecule is CCc1ccccc1NC(=O)CN1CCN(Cc2nc(-c3cccc(C(F)(F)F)c3)no2)CC1. The van der Waals surface area contributed by atoms with E-state index in [-0.39, 0.29) is 17.3 Å². The number of benzene rings is 2. The quantitative estimate of drug-likeness (QED) is 0.558. The minimum Gasteiger partial charge on any atom is -0.338 e. The van der Waals surface area contributed by atoms with Gasteiger partial charge in [0.05, 0.1) is 18.7 Å². The molecule has 1 aliphatic heterocycles. The molecule has 0 atom stereocenters. The van der Waals surface area contributed by atoms with Gasteiger partial charge in [0.2, 0.25) is 17.6 Å². The van der Waals surface area contributed by atoms with Crippen molar-refractivity contribution in [3.05, 3.63) is 65.5 Å². The summed E-state index contributed by atoms with van der Waals surface area (Å²) >= 11 is 0. The Balaban J connectivity index is 1.27. The molecule has 3 aromatic rings. The number of aromatic nitrogens is 2. The summed E-state index contributed by atoms with van der Waals surface area (Å²) in [4.78, 5) is 20.9. The Kier molecular flexibility index (Phi) is 7.28. The maximum Gasteiger partial charge on any atom is 0.416 e. The van der Waals surface area contributed by atoms with Gasteiger partial charge in [0, 0.05) is 37.4 Å². The van der Waals surface area contributed by atoms with E-state index in [1.165, 1.54) is 12.1 Å². The van der Waals surface area contributed by atoms with Gasteiger partial charge < -0.3 is 9.84 Å². The van der Waals surface area contributed by atoms with E-state index < -0.39 is 11.7 Å². The van der Waals surface area contributed by atoms with Gasteiger partial charge >= 0.3 is 6.18 Å². The molecule has 0 aliphatic carbocycles. The van der Waals surface area contributed by atoms with Crippen LogP contribution in [0.2, 0.25) is 0 Å². The van der Waals surface area contributed by atoms with Crippen LogP contribution in [0.4, 0.5) is 18.9 Å². The molecule has 1 N–H and O–H groups in total. The molecule has 4 rings (SSSR count). The summed E-state index contributed by atoms with van der Waals surface area (Å²) in [6.45, 7) is 5.59. The fraction of sp³-hybridized carbons (Fsp3) is 0.375. The number of nitrogens with one attached hydrogen (secondary N) is 1. The van der Waals surface area contributed by atoms with Crippen LogP contribution in [0.3, 0.4) is 0 Å². The molecule has 0 bridgehead atoms. The normalized spacial score (nSPS) is 15.4. The molecule has 1 saturated heterocycles. The molecule has 7 nitrogen and oxygen atoms in total. The van der Waals surface area contributed by atoms with Gasteiger partial charge in [0.25, 0.3) is 0 Å². The topological polar surface area (TPSA) is 74.5 Å². The minimum absolute atomic E-state index is 0.0445. The predicted octanol–water partition coefficient (Wildman–Crippen LogP) is 4.07. The van der Waals surface area contributed by atoms with Gasteiger partial charge in [-0.15, -0.1) is 0 Å². The molecule has 180 valence electrons. The first-order valence-corrected chi connectivity index (χ1v) is 11.1. The molecule has 0 unspecified atom stereocenters. The molecule has 0 spiro atoms. The molecule has 1 aromatic heterocycles. The van der Waals surface area contributed by atoms with Crippen LogP contribution >= 0.6 is 0 Å². The zero-order valence-electron chi connectivity index (χ0n) is 18.8. The van der Waals surface area contributed by atoms with Crippen molar-refractivity contribution in [2.75, 3.05) is 38.0 Å². The number of rotatable bonds is 7. The minimum atomic E-state index is -4.43. The van der Waals surface area contributed by atoms with E-state index in [4.69, 9.17) is 4.52 Å². The van der Waals surface area contributed by atoms with Crippen LogP contribution < -0.4 is 5.32 Å². The number of carbonyl (C=O) groups is 1. The standard InChI is InChI=1S/C24H26F3N5O2/c1-2-17-6-3-4-9-20(17)28-21(33)15-31-10-12-32(13-11-31)16-22-29-23(30-34-22)18-7-5-8-19(14-18)24(25,26)27/h3-9,14H,2,10-13,15-16H2,1H3,(H,28,33). The second-order valence-corrected chi connectivity index (χ2v) is 8.20. The molecule has 34 heavy (non-hydrogen) atoms. The summed E-state index contributed by atoms with van der Waals surface area (Å²) in [5, 5.41) is 6.83. The highest BCUT2D eigenvalue weighted by atomic mass is 19.4. The molecule has 1 fully saturated rings. The molecule has 0 radical (unpaired) electrons. The molecule has 2 heterocycles. The first-order valence-electron chi connectivity index (χ1n) is 11.1.